The van der Waals surface area contributed by atoms with Gasteiger partial charge >= 0.3 is 5.97 Å². The molecule has 0 aromatic heterocycles. The SMILES string of the molecule is O=C(O)C1CC(=O)N(CCc2ccc(OCCc3ccccc3)cc2)C1. The molecule has 5 nitrogen and oxygen atoms in total. The van der Waals surface area contributed by atoms with Crippen LogP contribution in [0.1, 0.15) is 17.5 Å². The highest BCUT2D eigenvalue weighted by Gasteiger charge is 2.33. The molecule has 1 unspecified atom stereocenters. The van der Waals surface area contributed by atoms with Gasteiger partial charge in [-0.2, -0.15) is 0 Å². The highest BCUT2D eigenvalue weighted by atomic mass is 16.5. The van der Waals surface area contributed by atoms with Crippen molar-refractivity contribution in [2.75, 3.05) is 19.7 Å². The van der Waals surface area contributed by atoms with Crippen molar-refractivity contribution >= 4 is 11.9 Å². The van der Waals surface area contributed by atoms with E-state index in [1.165, 1.54) is 5.56 Å². The second kappa shape index (κ2) is 8.52. The molecule has 1 fully saturated rings. The third-order valence-corrected chi connectivity index (χ3v) is 4.66. The summed E-state index contributed by atoms with van der Waals surface area (Å²) in [4.78, 5) is 24.5. The highest BCUT2D eigenvalue weighted by molar-refractivity contribution is 5.86. The Morgan fingerprint density at radius 3 is 2.38 bits per heavy atom. The zero-order valence-corrected chi connectivity index (χ0v) is 14.6. The zero-order chi connectivity index (χ0) is 18.4. The van der Waals surface area contributed by atoms with E-state index in [-0.39, 0.29) is 12.3 Å². The molecule has 3 rings (SSSR count). The van der Waals surface area contributed by atoms with Gasteiger partial charge in [-0.15, -0.1) is 0 Å². The lowest BCUT2D eigenvalue weighted by Crippen LogP contribution is -2.28. The molecular formula is C21H23NO4. The minimum absolute atomic E-state index is 0.0711. The summed E-state index contributed by atoms with van der Waals surface area (Å²) in [6.07, 6.45) is 1.69. The molecule has 2 aromatic carbocycles. The van der Waals surface area contributed by atoms with Crippen LogP contribution < -0.4 is 4.74 Å². The largest absolute Gasteiger partial charge is 0.493 e. The molecule has 0 bridgehead atoms. The van der Waals surface area contributed by atoms with Gasteiger partial charge in [0.25, 0.3) is 0 Å². The Hall–Kier alpha value is -2.82. The smallest absolute Gasteiger partial charge is 0.308 e. The van der Waals surface area contributed by atoms with Crippen LogP contribution in [0, 0.1) is 5.92 Å². The summed E-state index contributed by atoms with van der Waals surface area (Å²) >= 11 is 0. The van der Waals surface area contributed by atoms with Crippen molar-refractivity contribution < 1.29 is 19.4 Å². The normalized spacial score (nSPS) is 16.7. The number of benzene rings is 2. The third-order valence-electron chi connectivity index (χ3n) is 4.66. The Balaban J connectivity index is 1.43. The number of carboxylic acids is 1. The van der Waals surface area contributed by atoms with E-state index in [0.29, 0.717) is 26.1 Å². The standard InChI is InChI=1S/C21H23NO4/c23-20-14-18(21(24)25)15-22(20)12-10-17-6-8-19(9-7-17)26-13-11-16-4-2-1-3-5-16/h1-9,18H,10-15H2,(H,24,25). The summed E-state index contributed by atoms with van der Waals surface area (Å²) in [6, 6.07) is 18.1. The van der Waals surface area contributed by atoms with Crippen molar-refractivity contribution in [2.24, 2.45) is 5.92 Å². The minimum atomic E-state index is -0.891. The lowest BCUT2D eigenvalue weighted by atomic mass is 10.1. The summed E-state index contributed by atoms with van der Waals surface area (Å²) in [6.45, 7) is 1.49. The van der Waals surface area contributed by atoms with Crippen LogP contribution in [0.5, 0.6) is 5.75 Å². The van der Waals surface area contributed by atoms with Gasteiger partial charge in [0.15, 0.2) is 0 Å². The number of carbonyl (C=O) groups excluding carboxylic acids is 1. The van der Waals surface area contributed by atoms with Gasteiger partial charge in [0.05, 0.1) is 12.5 Å². The maximum absolute atomic E-state index is 11.8. The minimum Gasteiger partial charge on any atom is -0.493 e. The van der Waals surface area contributed by atoms with E-state index in [1.54, 1.807) is 4.90 Å². The van der Waals surface area contributed by atoms with Gasteiger partial charge in [0, 0.05) is 25.9 Å². The summed E-state index contributed by atoms with van der Waals surface area (Å²) < 4.78 is 5.77. The number of nitrogens with zero attached hydrogens (tertiary/aromatic N) is 1. The van der Waals surface area contributed by atoms with Gasteiger partial charge in [-0.3, -0.25) is 9.59 Å². The van der Waals surface area contributed by atoms with Gasteiger partial charge in [0.2, 0.25) is 5.91 Å². The van der Waals surface area contributed by atoms with E-state index >= 15 is 0 Å². The second-order valence-corrected chi connectivity index (χ2v) is 6.56. The van der Waals surface area contributed by atoms with Crippen molar-refractivity contribution in [1.29, 1.82) is 0 Å². The number of carbonyl (C=O) groups is 2. The van der Waals surface area contributed by atoms with Gasteiger partial charge in [0.1, 0.15) is 5.75 Å². The van der Waals surface area contributed by atoms with E-state index in [0.717, 1.165) is 17.7 Å². The molecule has 0 saturated carbocycles. The first-order valence-corrected chi connectivity index (χ1v) is 8.88. The predicted octanol–water partition coefficient (Wildman–Crippen LogP) is 2.78. The number of hydrogen-bond acceptors (Lipinski definition) is 3. The zero-order valence-electron chi connectivity index (χ0n) is 14.6. The molecule has 0 aliphatic carbocycles. The van der Waals surface area contributed by atoms with Crippen LogP contribution in [0.2, 0.25) is 0 Å². The first kappa shape index (κ1) is 18.0. The Bertz CT molecular complexity index is 742. The fourth-order valence-corrected chi connectivity index (χ4v) is 3.10. The van der Waals surface area contributed by atoms with E-state index < -0.39 is 11.9 Å². The molecule has 1 saturated heterocycles. The number of rotatable bonds is 8. The van der Waals surface area contributed by atoms with Crippen molar-refractivity contribution in [1.82, 2.24) is 4.90 Å². The summed E-state index contributed by atoms with van der Waals surface area (Å²) in [5, 5.41) is 9.02. The molecule has 1 N–H and O–H groups in total. The van der Waals surface area contributed by atoms with Crippen LogP contribution in [0.15, 0.2) is 54.6 Å². The average molecular weight is 353 g/mol. The van der Waals surface area contributed by atoms with Gasteiger partial charge in [-0.25, -0.2) is 0 Å². The fraction of sp³-hybridized carbons (Fsp3) is 0.333. The van der Waals surface area contributed by atoms with Crippen molar-refractivity contribution in [3.63, 3.8) is 0 Å². The van der Waals surface area contributed by atoms with Crippen LogP contribution in [0.4, 0.5) is 0 Å². The lowest BCUT2D eigenvalue weighted by molar-refractivity contribution is -0.141. The molecule has 1 heterocycles. The number of amides is 1. The van der Waals surface area contributed by atoms with Crippen LogP contribution in [-0.2, 0) is 22.4 Å². The Labute approximate surface area is 153 Å². The molecule has 1 aliphatic rings. The third kappa shape index (κ3) is 4.85. The lowest BCUT2D eigenvalue weighted by Gasteiger charge is -2.16. The monoisotopic (exact) mass is 353 g/mol. The molecule has 2 aromatic rings. The van der Waals surface area contributed by atoms with Crippen molar-refractivity contribution in [2.45, 2.75) is 19.3 Å². The van der Waals surface area contributed by atoms with Crippen LogP contribution >= 0.6 is 0 Å². The highest BCUT2D eigenvalue weighted by Crippen LogP contribution is 2.19. The summed E-state index contributed by atoms with van der Waals surface area (Å²) in [5.74, 6) is -0.702. The maximum atomic E-state index is 11.8. The van der Waals surface area contributed by atoms with E-state index in [4.69, 9.17) is 9.84 Å². The molecule has 5 heteroatoms. The molecular weight excluding hydrogens is 330 g/mol. The molecule has 1 atom stereocenters. The number of aliphatic carboxylic acids is 1. The predicted molar refractivity (Wildman–Crippen MR) is 98.1 cm³/mol. The number of hydrogen-bond donors (Lipinski definition) is 1. The topological polar surface area (TPSA) is 66.8 Å². The second-order valence-electron chi connectivity index (χ2n) is 6.56. The first-order valence-electron chi connectivity index (χ1n) is 8.88. The van der Waals surface area contributed by atoms with E-state index in [9.17, 15) is 9.59 Å². The molecule has 1 amide bonds. The van der Waals surface area contributed by atoms with Gasteiger partial charge in [-0.1, -0.05) is 42.5 Å². The van der Waals surface area contributed by atoms with Crippen LogP contribution in [0.3, 0.4) is 0 Å². The van der Waals surface area contributed by atoms with Crippen LogP contribution in [0.25, 0.3) is 0 Å². The fourth-order valence-electron chi connectivity index (χ4n) is 3.10. The van der Waals surface area contributed by atoms with Gasteiger partial charge < -0.3 is 14.7 Å². The van der Waals surface area contributed by atoms with Gasteiger partial charge in [-0.05, 0) is 29.7 Å². The van der Waals surface area contributed by atoms with Crippen molar-refractivity contribution in [3.05, 3.63) is 65.7 Å². The average Bonchev–Trinajstić information content (AvgIpc) is 3.03. The molecule has 26 heavy (non-hydrogen) atoms. The Kier molecular flexibility index (Phi) is 5.89. The molecule has 136 valence electrons. The number of ether oxygens (including phenoxy) is 1. The summed E-state index contributed by atoms with van der Waals surface area (Å²) in [7, 11) is 0. The quantitative estimate of drug-likeness (QED) is 0.792. The number of likely N-dealkylation sites (tertiary alicyclic amines) is 1. The molecule has 1 aliphatic heterocycles. The van der Waals surface area contributed by atoms with E-state index in [2.05, 4.69) is 12.1 Å². The summed E-state index contributed by atoms with van der Waals surface area (Å²) in [5.41, 5.74) is 2.35. The Morgan fingerprint density at radius 1 is 1.04 bits per heavy atom. The Morgan fingerprint density at radius 2 is 1.73 bits per heavy atom. The van der Waals surface area contributed by atoms with Crippen molar-refractivity contribution in [3.8, 4) is 5.75 Å². The first-order chi connectivity index (χ1) is 12.6. The molecule has 0 spiro atoms. The van der Waals surface area contributed by atoms with Crippen LogP contribution in [-0.4, -0.2) is 41.6 Å². The molecule has 0 radical (unpaired) electrons. The van der Waals surface area contributed by atoms with E-state index in [1.807, 2.05) is 42.5 Å². The maximum Gasteiger partial charge on any atom is 0.308 e. The number of carboxylic acid groups (broad SMARTS) is 1.